The van der Waals surface area contributed by atoms with Gasteiger partial charge in [0, 0.05) is 16.3 Å². The van der Waals surface area contributed by atoms with E-state index in [0.29, 0.717) is 5.76 Å². The molecule has 19 heavy (non-hydrogen) atoms. The van der Waals surface area contributed by atoms with Crippen molar-refractivity contribution in [3.8, 4) is 0 Å². The van der Waals surface area contributed by atoms with Gasteiger partial charge in [0.1, 0.15) is 5.76 Å². The lowest BCUT2D eigenvalue weighted by Gasteiger charge is -2.09. The van der Waals surface area contributed by atoms with Gasteiger partial charge in [-0.3, -0.25) is 0 Å². The first-order valence-corrected chi connectivity index (χ1v) is 6.91. The molecule has 0 saturated carbocycles. The van der Waals surface area contributed by atoms with Crippen LogP contribution in [0.15, 0.2) is 22.6 Å². The van der Waals surface area contributed by atoms with E-state index < -0.39 is 5.97 Å². The standard InChI is InChI=1S/C14H17NO3S/c1-8-6-11(19-10(8)3)7-15-9(2)12-4-5-13(18-12)14(16)17/h4-6,9,15H,7H2,1-3H3,(H,16,17). The highest BCUT2D eigenvalue weighted by Gasteiger charge is 2.14. The minimum absolute atomic E-state index is 0.0178. The zero-order valence-corrected chi connectivity index (χ0v) is 12.0. The van der Waals surface area contributed by atoms with Gasteiger partial charge in [0.15, 0.2) is 0 Å². The van der Waals surface area contributed by atoms with Gasteiger partial charge in [-0.25, -0.2) is 4.79 Å². The van der Waals surface area contributed by atoms with Gasteiger partial charge >= 0.3 is 5.97 Å². The fourth-order valence-electron chi connectivity index (χ4n) is 1.79. The lowest BCUT2D eigenvalue weighted by molar-refractivity contribution is 0.0659. The van der Waals surface area contributed by atoms with E-state index in [0.717, 1.165) is 6.54 Å². The average molecular weight is 279 g/mol. The van der Waals surface area contributed by atoms with Crippen molar-refractivity contribution < 1.29 is 14.3 Å². The molecule has 0 aliphatic heterocycles. The fourth-order valence-corrected chi connectivity index (χ4v) is 2.80. The molecule has 0 bridgehead atoms. The predicted molar refractivity (Wildman–Crippen MR) is 74.7 cm³/mol. The number of thiophene rings is 1. The van der Waals surface area contributed by atoms with E-state index in [9.17, 15) is 4.79 Å². The number of carboxylic acids is 1. The van der Waals surface area contributed by atoms with Crippen molar-refractivity contribution in [3.63, 3.8) is 0 Å². The molecule has 2 heterocycles. The summed E-state index contributed by atoms with van der Waals surface area (Å²) in [6, 6.07) is 5.34. The van der Waals surface area contributed by atoms with Gasteiger partial charge in [0.05, 0.1) is 6.04 Å². The number of carbonyl (C=O) groups is 1. The summed E-state index contributed by atoms with van der Waals surface area (Å²) in [5.41, 5.74) is 1.31. The Bertz CT molecular complexity index is 566. The Morgan fingerprint density at radius 3 is 2.74 bits per heavy atom. The minimum atomic E-state index is -1.04. The average Bonchev–Trinajstić information content (AvgIpc) is 2.95. The molecule has 2 N–H and O–H groups in total. The van der Waals surface area contributed by atoms with Crippen molar-refractivity contribution in [3.05, 3.63) is 45.0 Å². The summed E-state index contributed by atoms with van der Waals surface area (Å²) in [5.74, 6) is -0.420. The maximum Gasteiger partial charge on any atom is 0.371 e. The molecule has 0 spiro atoms. The SMILES string of the molecule is Cc1cc(CNC(C)c2ccc(C(=O)O)o2)sc1C. The zero-order valence-electron chi connectivity index (χ0n) is 11.2. The third-order valence-electron chi connectivity index (χ3n) is 3.06. The molecular formula is C14H17NO3S. The normalized spacial score (nSPS) is 12.6. The molecule has 0 aromatic carbocycles. The van der Waals surface area contributed by atoms with Crippen molar-refractivity contribution in [2.75, 3.05) is 0 Å². The van der Waals surface area contributed by atoms with E-state index in [2.05, 4.69) is 25.2 Å². The van der Waals surface area contributed by atoms with E-state index >= 15 is 0 Å². The lowest BCUT2D eigenvalue weighted by atomic mass is 10.2. The molecule has 1 unspecified atom stereocenters. The number of rotatable bonds is 5. The smallest absolute Gasteiger partial charge is 0.371 e. The van der Waals surface area contributed by atoms with E-state index in [1.807, 2.05) is 6.92 Å². The molecule has 2 aromatic rings. The monoisotopic (exact) mass is 279 g/mol. The van der Waals surface area contributed by atoms with Crippen molar-refractivity contribution in [1.29, 1.82) is 0 Å². The number of nitrogens with one attached hydrogen (secondary N) is 1. The fraction of sp³-hybridized carbons (Fsp3) is 0.357. The highest BCUT2D eigenvalue weighted by Crippen LogP contribution is 2.22. The highest BCUT2D eigenvalue weighted by atomic mass is 32.1. The van der Waals surface area contributed by atoms with Crippen LogP contribution in [-0.4, -0.2) is 11.1 Å². The lowest BCUT2D eigenvalue weighted by Crippen LogP contribution is -2.16. The van der Waals surface area contributed by atoms with E-state index in [1.54, 1.807) is 17.4 Å². The first-order chi connectivity index (χ1) is 8.97. The molecule has 4 nitrogen and oxygen atoms in total. The molecule has 0 amide bonds. The second-order valence-electron chi connectivity index (χ2n) is 4.56. The third kappa shape index (κ3) is 3.24. The molecule has 0 aliphatic carbocycles. The Morgan fingerprint density at radius 1 is 1.47 bits per heavy atom. The summed E-state index contributed by atoms with van der Waals surface area (Å²) in [6.45, 7) is 6.92. The van der Waals surface area contributed by atoms with Crippen molar-refractivity contribution >= 4 is 17.3 Å². The Labute approximate surface area is 116 Å². The summed E-state index contributed by atoms with van der Waals surface area (Å²) in [7, 11) is 0. The van der Waals surface area contributed by atoms with E-state index in [-0.39, 0.29) is 11.8 Å². The van der Waals surface area contributed by atoms with Crippen molar-refractivity contribution in [2.24, 2.45) is 0 Å². The zero-order chi connectivity index (χ0) is 14.0. The van der Waals surface area contributed by atoms with E-state index in [4.69, 9.17) is 9.52 Å². The van der Waals surface area contributed by atoms with Crippen LogP contribution in [0.4, 0.5) is 0 Å². The second-order valence-corrected chi connectivity index (χ2v) is 5.90. The predicted octanol–water partition coefficient (Wildman–Crippen LogP) is 3.51. The van der Waals surface area contributed by atoms with Crippen LogP contribution in [0.25, 0.3) is 0 Å². The Balaban J connectivity index is 1.96. The minimum Gasteiger partial charge on any atom is -0.475 e. The van der Waals surface area contributed by atoms with Crippen LogP contribution in [-0.2, 0) is 6.54 Å². The van der Waals surface area contributed by atoms with Crippen LogP contribution in [0.2, 0.25) is 0 Å². The Kier molecular flexibility index (Phi) is 4.07. The van der Waals surface area contributed by atoms with Gasteiger partial charge in [-0.2, -0.15) is 0 Å². The van der Waals surface area contributed by atoms with Gasteiger partial charge in [0.2, 0.25) is 5.76 Å². The van der Waals surface area contributed by atoms with Gasteiger partial charge < -0.3 is 14.8 Å². The topological polar surface area (TPSA) is 62.5 Å². The third-order valence-corrected chi connectivity index (χ3v) is 4.22. The molecule has 1 atom stereocenters. The van der Waals surface area contributed by atoms with Crippen molar-refractivity contribution in [1.82, 2.24) is 5.32 Å². The number of hydrogen-bond donors (Lipinski definition) is 2. The van der Waals surface area contributed by atoms with E-state index in [1.165, 1.54) is 21.4 Å². The molecule has 102 valence electrons. The number of hydrogen-bond acceptors (Lipinski definition) is 4. The maximum atomic E-state index is 10.7. The van der Waals surface area contributed by atoms with Gasteiger partial charge in [-0.1, -0.05) is 0 Å². The number of aromatic carboxylic acids is 1. The second kappa shape index (κ2) is 5.59. The van der Waals surface area contributed by atoms with Gasteiger partial charge in [-0.15, -0.1) is 11.3 Å². The van der Waals surface area contributed by atoms with Crippen LogP contribution >= 0.6 is 11.3 Å². The summed E-state index contributed by atoms with van der Waals surface area (Å²) in [6.07, 6.45) is 0. The van der Waals surface area contributed by atoms with Crippen LogP contribution in [0.3, 0.4) is 0 Å². The summed E-state index contributed by atoms with van der Waals surface area (Å²) >= 11 is 1.77. The largest absolute Gasteiger partial charge is 0.475 e. The maximum absolute atomic E-state index is 10.7. The molecule has 0 aliphatic rings. The molecule has 0 fully saturated rings. The Morgan fingerprint density at radius 2 is 2.21 bits per heavy atom. The number of aryl methyl sites for hydroxylation is 2. The molecule has 0 saturated heterocycles. The molecule has 2 aromatic heterocycles. The van der Waals surface area contributed by atoms with Crippen molar-refractivity contribution in [2.45, 2.75) is 33.4 Å². The molecular weight excluding hydrogens is 262 g/mol. The first kappa shape index (κ1) is 13.8. The van der Waals surface area contributed by atoms with Gasteiger partial charge in [0.25, 0.3) is 0 Å². The first-order valence-electron chi connectivity index (χ1n) is 6.09. The highest BCUT2D eigenvalue weighted by molar-refractivity contribution is 7.12. The molecule has 5 heteroatoms. The molecule has 2 rings (SSSR count). The van der Waals surface area contributed by atoms with Crippen LogP contribution < -0.4 is 5.32 Å². The Hall–Kier alpha value is -1.59. The number of carboxylic acid groups (broad SMARTS) is 1. The summed E-state index contributed by atoms with van der Waals surface area (Å²) in [4.78, 5) is 13.3. The summed E-state index contributed by atoms with van der Waals surface area (Å²) < 4.78 is 5.27. The van der Waals surface area contributed by atoms with Gasteiger partial charge in [-0.05, 0) is 44.5 Å². The number of furan rings is 1. The van der Waals surface area contributed by atoms with Crippen LogP contribution in [0.1, 0.15) is 44.6 Å². The quantitative estimate of drug-likeness (QED) is 0.879. The molecule has 0 radical (unpaired) electrons. The summed E-state index contributed by atoms with van der Waals surface area (Å²) in [5, 5.41) is 12.1. The van der Waals surface area contributed by atoms with Crippen LogP contribution in [0.5, 0.6) is 0 Å². The van der Waals surface area contributed by atoms with Crippen LogP contribution in [0, 0.1) is 13.8 Å².